The number of hydrogen-bond donors (Lipinski definition) is 1. The van der Waals surface area contributed by atoms with Crippen molar-refractivity contribution < 1.29 is 14.6 Å². The zero-order chi connectivity index (χ0) is 11.3. The predicted octanol–water partition coefficient (Wildman–Crippen LogP) is 2.87. The van der Waals surface area contributed by atoms with Crippen LogP contribution in [0.2, 0.25) is 0 Å². The van der Waals surface area contributed by atoms with Crippen molar-refractivity contribution in [3.05, 3.63) is 29.3 Å². The number of hydrogen-bond acceptors (Lipinski definition) is 2. The van der Waals surface area contributed by atoms with Gasteiger partial charge >= 0.3 is 5.97 Å². The van der Waals surface area contributed by atoms with Gasteiger partial charge in [-0.2, -0.15) is 0 Å². The minimum absolute atomic E-state index is 0.309. The molecule has 0 aromatic heterocycles. The minimum Gasteiger partial charge on any atom is -0.493 e. The van der Waals surface area contributed by atoms with Gasteiger partial charge < -0.3 is 9.84 Å². The van der Waals surface area contributed by atoms with E-state index >= 15 is 0 Å². The van der Waals surface area contributed by atoms with E-state index in [-0.39, 0.29) is 0 Å². The summed E-state index contributed by atoms with van der Waals surface area (Å²) in [5.41, 5.74) is 1.00. The first-order chi connectivity index (χ1) is 7.16. The number of ether oxygens (including phenoxy) is 1. The molecule has 0 unspecified atom stereocenters. The Kier molecular flexibility index (Phi) is 4.16. The number of unbranched alkanes of at least 4 members (excludes halogenated alkanes) is 1. The third-order valence-corrected chi connectivity index (χ3v) is 2.27. The van der Waals surface area contributed by atoms with Gasteiger partial charge in [0.2, 0.25) is 0 Å². The molecule has 3 heteroatoms. The van der Waals surface area contributed by atoms with Crippen LogP contribution >= 0.6 is 0 Å². The van der Waals surface area contributed by atoms with Crippen LogP contribution in [0.15, 0.2) is 18.2 Å². The molecule has 1 N–H and O–H groups in total. The van der Waals surface area contributed by atoms with Crippen LogP contribution in [0.25, 0.3) is 0 Å². The van der Waals surface area contributed by atoms with Crippen molar-refractivity contribution >= 4 is 5.97 Å². The predicted molar refractivity (Wildman–Crippen MR) is 58.5 cm³/mol. The molecule has 1 rings (SSSR count). The van der Waals surface area contributed by atoms with Gasteiger partial charge in [-0.25, -0.2) is 4.79 Å². The maximum atomic E-state index is 10.8. The highest BCUT2D eigenvalue weighted by molar-refractivity contribution is 5.90. The van der Waals surface area contributed by atoms with E-state index in [4.69, 9.17) is 9.84 Å². The van der Waals surface area contributed by atoms with Gasteiger partial charge in [-0.1, -0.05) is 19.4 Å². The van der Waals surface area contributed by atoms with Crippen molar-refractivity contribution in [3.63, 3.8) is 0 Å². The molecule has 3 nitrogen and oxygen atoms in total. The molecular weight excluding hydrogens is 192 g/mol. The van der Waals surface area contributed by atoms with Crippen LogP contribution in [0.3, 0.4) is 0 Å². The number of benzene rings is 1. The van der Waals surface area contributed by atoms with Crippen molar-refractivity contribution in [2.75, 3.05) is 6.61 Å². The normalized spacial score (nSPS) is 10.0. The molecule has 0 spiro atoms. The summed E-state index contributed by atoms with van der Waals surface area (Å²) in [5, 5.41) is 8.91. The lowest BCUT2D eigenvalue weighted by Gasteiger charge is -2.10. The fourth-order valence-corrected chi connectivity index (χ4v) is 1.33. The summed E-state index contributed by atoms with van der Waals surface area (Å²) in [6.45, 7) is 4.50. The highest BCUT2D eigenvalue weighted by atomic mass is 16.5. The zero-order valence-electron chi connectivity index (χ0n) is 9.12. The van der Waals surface area contributed by atoms with Crippen LogP contribution in [-0.2, 0) is 0 Å². The second-order valence-electron chi connectivity index (χ2n) is 3.44. The van der Waals surface area contributed by atoms with Gasteiger partial charge in [0.25, 0.3) is 0 Å². The summed E-state index contributed by atoms with van der Waals surface area (Å²) >= 11 is 0. The third kappa shape index (κ3) is 2.98. The van der Waals surface area contributed by atoms with E-state index in [2.05, 4.69) is 6.92 Å². The molecule has 0 saturated carbocycles. The fraction of sp³-hybridized carbons (Fsp3) is 0.417. The first kappa shape index (κ1) is 11.6. The molecule has 0 atom stereocenters. The molecule has 0 amide bonds. The molecule has 0 saturated heterocycles. The van der Waals surface area contributed by atoms with E-state index in [9.17, 15) is 4.79 Å². The zero-order valence-corrected chi connectivity index (χ0v) is 9.12. The lowest BCUT2D eigenvalue weighted by Crippen LogP contribution is -2.03. The number of rotatable bonds is 5. The highest BCUT2D eigenvalue weighted by Crippen LogP contribution is 2.21. The van der Waals surface area contributed by atoms with E-state index in [0.29, 0.717) is 23.5 Å². The van der Waals surface area contributed by atoms with Gasteiger partial charge in [-0.05, 0) is 25.5 Å². The van der Waals surface area contributed by atoms with Crippen LogP contribution in [0.1, 0.15) is 35.7 Å². The molecular formula is C12H16O3. The van der Waals surface area contributed by atoms with Crippen molar-refractivity contribution in [2.45, 2.75) is 26.7 Å². The largest absolute Gasteiger partial charge is 0.493 e. The van der Waals surface area contributed by atoms with E-state index in [1.807, 2.05) is 0 Å². The summed E-state index contributed by atoms with van der Waals surface area (Å²) in [6.07, 6.45) is 2.05. The number of carboxylic acid groups (broad SMARTS) is 1. The van der Waals surface area contributed by atoms with Crippen LogP contribution in [0.5, 0.6) is 5.75 Å². The average molecular weight is 208 g/mol. The lowest BCUT2D eigenvalue weighted by atomic mass is 10.1. The smallest absolute Gasteiger partial charge is 0.336 e. The Morgan fingerprint density at radius 1 is 1.47 bits per heavy atom. The maximum absolute atomic E-state index is 10.8. The molecule has 0 heterocycles. The van der Waals surface area contributed by atoms with Crippen LogP contribution in [0, 0.1) is 6.92 Å². The van der Waals surface area contributed by atoms with Crippen LogP contribution in [0.4, 0.5) is 0 Å². The molecule has 1 aromatic carbocycles. The van der Waals surface area contributed by atoms with Crippen molar-refractivity contribution in [1.82, 2.24) is 0 Å². The monoisotopic (exact) mass is 208 g/mol. The summed E-state index contributed by atoms with van der Waals surface area (Å²) in [5.74, 6) is -0.239. The second-order valence-corrected chi connectivity index (χ2v) is 3.44. The van der Waals surface area contributed by atoms with Crippen molar-refractivity contribution in [3.8, 4) is 5.75 Å². The number of aromatic carboxylic acids is 1. The maximum Gasteiger partial charge on any atom is 0.336 e. The Bertz CT molecular complexity index is 345. The van der Waals surface area contributed by atoms with Crippen molar-refractivity contribution in [2.24, 2.45) is 0 Å². The van der Waals surface area contributed by atoms with E-state index < -0.39 is 5.97 Å². The summed E-state index contributed by atoms with van der Waals surface area (Å²) < 4.78 is 5.50. The average Bonchev–Trinajstić information content (AvgIpc) is 2.20. The Morgan fingerprint density at radius 2 is 2.20 bits per heavy atom. The molecule has 0 radical (unpaired) electrons. The Balaban J connectivity index is 2.80. The Labute approximate surface area is 89.7 Å². The summed E-state index contributed by atoms with van der Waals surface area (Å²) in [6, 6.07) is 5.10. The Hall–Kier alpha value is -1.51. The van der Waals surface area contributed by atoms with Crippen LogP contribution < -0.4 is 4.74 Å². The molecule has 0 aliphatic heterocycles. The Morgan fingerprint density at radius 3 is 2.80 bits per heavy atom. The highest BCUT2D eigenvalue weighted by Gasteiger charge is 2.10. The molecule has 0 aliphatic carbocycles. The third-order valence-electron chi connectivity index (χ3n) is 2.27. The van der Waals surface area contributed by atoms with E-state index in [0.717, 1.165) is 12.8 Å². The minimum atomic E-state index is -0.909. The molecule has 15 heavy (non-hydrogen) atoms. The number of carboxylic acids is 1. The standard InChI is InChI=1S/C12H16O3/c1-3-4-8-15-11-7-5-6-10(9(11)2)12(13)14/h5-7H,3-4,8H2,1-2H3,(H,13,14). The SMILES string of the molecule is CCCCOc1cccc(C(=O)O)c1C. The van der Waals surface area contributed by atoms with Gasteiger partial charge in [0, 0.05) is 5.56 Å². The number of carbonyl (C=O) groups is 1. The van der Waals surface area contributed by atoms with Crippen molar-refractivity contribution in [1.29, 1.82) is 0 Å². The first-order valence-electron chi connectivity index (χ1n) is 5.12. The second kappa shape index (κ2) is 5.39. The summed E-state index contributed by atoms with van der Waals surface area (Å²) in [4.78, 5) is 10.8. The fourth-order valence-electron chi connectivity index (χ4n) is 1.33. The molecule has 0 bridgehead atoms. The van der Waals surface area contributed by atoms with Gasteiger partial charge in [-0.3, -0.25) is 0 Å². The van der Waals surface area contributed by atoms with Crippen LogP contribution in [-0.4, -0.2) is 17.7 Å². The van der Waals surface area contributed by atoms with Gasteiger partial charge in [-0.15, -0.1) is 0 Å². The first-order valence-corrected chi connectivity index (χ1v) is 5.12. The van der Waals surface area contributed by atoms with Gasteiger partial charge in [0.15, 0.2) is 0 Å². The van der Waals surface area contributed by atoms with Gasteiger partial charge in [0.05, 0.1) is 12.2 Å². The van der Waals surface area contributed by atoms with Gasteiger partial charge in [0.1, 0.15) is 5.75 Å². The quantitative estimate of drug-likeness (QED) is 0.757. The molecule has 0 aliphatic rings. The van der Waals surface area contributed by atoms with E-state index in [1.54, 1.807) is 25.1 Å². The van der Waals surface area contributed by atoms with E-state index in [1.165, 1.54) is 0 Å². The summed E-state index contributed by atoms with van der Waals surface area (Å²) in [7, 11) is 0. The topological polar surface area (TPSA) is 46.5 Å². The lowest BCUT2D eigenvalue weighted by molar-refractivity contribution is 0.0695. The molecule has 82 valence electrons. The molecule has 1 aromatic rings. The molecule has 0 fully saturated rings.